The lowest BCUT2D eigenvalue weighted by Gasteiger charge is -2.18. The van der Waals surface area contributed by atoms with E-state index in [0.717, 1.165) is 14.6 Å². The van der Waals surface area contributed by atoms with Gasteiger partial charge in [-0.1, -0.05) is 41.9 Å². The van der Waals surface area contributed by atoms with E-state index in [1.807, 2.05) is 30.3 Å². The van der Waals surface area contributed by atoms with Crippen LogP contribution >= 0.6 is 43.5 Å². The highest BCUT2D eigenvalue weighted by atomic mass is 79.9. The molecule has 2 rings (SSSR count). The molecule has 94 valence electrons. The molecule has 0 radical (unpaired) electrons. The largest absolute Gasteiger partial charge is 0.377 e. The first-order chi connectivity index (χ1) is 8.58. The molecule has 0 amide bonds. The summed E-state index contributed by atoms with van der Waals surface area (Å²) in [7, 11) is 0. The zero-order chi connectivity index (χ0) is 13.1. The van der Waals surface area contributed by atoms with Gasteiger partial charge in [0.15, 0.2) is 0 Å². The molecule has 1 nitrogen and oxygen atoms in total. The Morgan fingerprint density at radius 2 is 1.61 bits per heavy atom. The summed E-state index contributed by atoms with van der Waals surface area (Å²) < 4.78 is 1.90. The zero-order valence-electron chi connectivity index (χ0n) is 9.75. The quantitative estimate of drug-likeness (QED) is 0.675. The summed E-state index contributed by atoms with van der Waals surface area (Å²) in [6.45, 7) is 2.13. The molecule has 0 bridgehead atoms. The molecule has 0 heterocycles. The number of halogens is 3. The molecule has 0 aromatic heterocycles. The van der Waals surface area contributed by atoms with E-state index in [0.29, 0.717) is 5.02 Å². The lowest BCUT2D eigenvalue weighted by Crippen LogP contribution is -2.07. The van der Waals surface area contributed by atoms with E-state index in [2.05, 4.69) is 56.2 Å². The summed E-state index contributed by atoms with van der Waals surface area (Å²) in [6, 6.07) is 14.3. The molecular weight excluding hydrogens is 377 g/mol. The summed E-state index contributed by atoms with van der Waals surface area (Å²) >= 11 is 13.0. The average Bonchev–Trinajstić information content (AvgIpc) is 2.34. The minimum atomic E-state index is 0.222. The van der Waals surface area contributed by atoms with E-state index in [1.54, 1.807) is 0 Å². The molecular formula is C14H12Br2ClN. The monoisotopic (exact) mass is 387 g/mol. The predicted octanol–water partition coefficient (Wildman–Crippen LogP) is 6.04. The van der Waals surface area contributed by atoms with Gasteiger partial charge in [0, 0.05) is 20.0 Å². The molecule has 2 aromatic rings. The highest BCUT2D eigenvalue weighted by Crippen LogP contribution is 2.36. The van der Waals surface area contributed by atoms with E-state index >= 15 is 0 Å². The van der Waals surface area contributed by atoms with Crippen LogP contribution < -0.4 is 5.32 Å². The Bertz CT molecular complexity index is 520. The van der Waals surface area contributed by atoms with Gasteiger partial charge in [-0.2, -0.15) is 0 Å². The van der Waals surface area contributed by atoms with Crippen molar-refractivity contribution in [2.45, 2.75) is 13.0 Å². The van der Waals surface area contributed by atoms with Crippen molar-refractivity contribution in [3.05, 3.63) is 62.0 Å². The Morgan fingerprint density at radius 1 is 1.06 bits per heavy atom. The van der Waals surface area contributed by atoms with Gasteiger partial charge in [-0.25, -0.2) is 0 Å². The van der Waals surface area contributed by atoms with E-state index in [4.69, 9.17) is 11.6 Å². The Labute approximate surface area is 129 Å². The molecule has 0 aliphatic rings. The van der Waals surface area contributed by atoms with Crippen molar-refractivity contribution in [2.24, 2.45) is 0 Å². The molecule has 1 unspecified atom stereocenters. The maximum Gasteiger partial charge on any atom is 0.0634 e. The average molecular weight is 390 g/mol. The standard InChI is InChI=1S/C14H12Br2ClN/c1-9(10-5-3-2-4-6-10)18-14-12(15)7-11(17)8-13(14)16/h2-9,18H,1H3. The highest BCUT2D eigenvalue weighted by molar-refractivity contribution is 9.11. The molecule has 0 spiro atoms. The smallest absolute Gasteiger partial charge is 0.0634 e. The number of benzene rings is 2. The van der Waals surface area contributed by atoms with Gasteiger partial charge in [0.2, 0.25) is 0 Å². The maximum absolute atomic E-state index is 5.99. The van der Waals surface area contributed by atoms with Gasteiger partial charge < -0.3 is 5.32 Å². The van der Waals surface area contributed by atoms with Crippen LogP contribution in [0.4, 0.5) is 5.69 Å². The predicted molar refractivity (Wildman–Crippen MR) is 85.3 cm³/mol. The van der Waals surface area contributed by atoms with Crippen LogP contribution in [0.1, 0.15) is 18.5 Å². The van der Waals surface area contributed by atoms with Gasteiger partial charge in [0.25, 0.3) is 0 Å². The number of hydrogen-bond donors (Lipinski definition) is 1. The fraction of sp³-hybridized carbons (Fsp3) is 0.143. The van der Waals surface area contributed by atoms with Crippen LogP contribution in [-0.4, -0.2) is 0 Å². The minimum Gasteiger partial charge on any atom is -0.377 e. The Morgan fingerprint density at radius 3 is 2.17 bits per heavy atom. The Balaban J connectivity index is 2.25. The van der Waals surface area contributed by atoms with Gasteiger partial charge in [0.05, 0.1) is 5.69 Å². The topological polar surface area (TPSA) is 12.0 Å². The van der Waals surface area contributed by atoms with Gasteiger partial charge in [-0.05, 0) is 56.5 Å². The van der Waals surface area contributed by atoms with Crippen LogP contribution in [0, 0.1) is 0 Å². The Kier molecular flexibility index (Phi) is 4.71. The number of hydrogen-bond acceptors (Lipinski definition) is 1. The first kappa shape index (κ1) is 13.9. The highest BCUT2D eigenvalue weighted by Gasteiger charge is 2.11. The van der Waals surface area contributed by atoms with Gasteiger partial charge >= 0.3 is 0 Å². The van der Waals surface area contributed by atoms with Crippen LogP contribution in [0.25, 0.3) is 0 Å². The molecule has 0 aliphatic heterocycles. The lowest BCUT2D eigenvalue weighted by molar-refractivity contribution is 0.882. The van der Waals surface area contributed by atoms with Crippen molar-refractivity contribution in [1.82, 2.24) is 0 Å². The fourth-order valence-electron chi connectivity index (χ4n) is 1.72. The van der Waals surface area contributed by atoms with Crippen molar-refractivity contribution in [1.29, 1.82) is 0 Å². The SMILES string of the molecule is CC(Nc1c(Br)cc(Cl)cc1Br)c1ccccc1. The fourth-order valence-corrected chi connectivity index (χ4v) is 3.62. The van der Waals surface area contributed by atoms with Crippen LogP contribution in [0.3, 0.4) is 0 Å². The third-order valence-corrected chi connectivity index (χ3v) is 4.14. The third-order valence-electron chi connectivity index (χ3n) is 2.67. The molecule has 0 fully saturated rings. The van der Waals surface area contributed by atoms with E-state index in [-0.39, 0.29) is 6.04 Å². The number of rotatable bonds is 3. The lowest BCUT2D eigenvalue weighted by atomic mass is 10.1. The van der Waals surface area contributed by atoms with E-state index in [9.17, 15) is 0 Å². The molecule has 0 saturated heterocycles. The van der Waals surface area contributed by atoms with E-state index < -0.39 is 0 Å². The molecule has 1 atom stereocenters. The van der Waals surface area contributed by atoms with E-state index in [1.165, 1.54) is 5.56 Å². The van der Waals surface area contributed by atoms with Gasteiger partial charge in [0.1, 0.15) is 0 Å². The maximum atomic E-state index is 5.99. The van der Waals surface area contributed by atoms with Crippen molar-refractivity contribution in [3.63, 3.8) is 0 Å². The second-order valence-corrected chi connectivity index (χ2v) is 6.17. The molecule has 0 aliphatic carbocycles. The molecule has 4 heteroatoms. The minimum absolute atomic E-state index is 0.222. The number of anilines is 1. The Hall–Kier alpha value is -0.510. The summed E-state index contributed by atoms with van der Waals surface area (Å²) in [5.74, 6) is 0. The number of nitrogens with one attached hydrogen (secondary N) is 1. The second-order valence-electron chi connectivity index (χ2n) is 4.02. The summed E-state index contributed by atoms with van der Waals surface area (Å²) in [4.78, 5) is 0. The first-order valence-corrected chi connectivity index (χ1v) is 7.50. The zero-order valence-corrected chi connectivity index (χ0v) is 13.7. The first-order valence-electron chi connectivity index (χ1n) is 5.54. The van der Waals surface area contributed by atoms with Crippen molar-refractivity contribution in [3.8, 4) is 0 Å². The molecule has 1 N–H and O–H groups in total. The van der Waals surface area contributed by atoms with Crippen molar-refractivity contribution in [2.75, 3.05) is 5.32 Å². The van der Waals surface area contributed by atoms with Crippen molar-refractivity contribution < 1.29 is 0 Å². The summed E-state index contributed by atoms with van der Waals surface area (Å²) in [6.07, 6.45) is 0. The van der Waals surface area contributed by atoms with Crippen LogP contribution in [0.5, 0.6) is 0 Å². The summed E-state index contributed by atoms with van der Waals surface area (Å²) in [5.41, 5.74) is 2.25. The molecule has 2 aromatic carbocycles. The summed E-state index contributed by atoms with van der Waals surface area (Å²) in [5, 5.41) is 4.17. The third kappa shape index (κ3) is 3.28. The molecule has 18 heavy (non-hydrogen) atoms. The second kappa shape index (κ2) is 6.09. The van der Waals surface area contributed by atoms with Gasteiger partial charge in [-0.15, -0.1) is 0 Å². The van der Waals surface area contributed by atoms with Crippen LogP contribution in [0.2, 0.25) is 5.02 Å². The molecule has 0 saturated carbocycles. The van der Waals surface area contributed by atoms with Gasteiger partial charge in [-0.3, -0.25) is 0 Å². The van der Waals surface area contributed by atoms with Crippen molar-refractivity contribution >= 4 is 49.1 Å². The van der Waals surface area contributed by atoms with Crippen LogP contribution in [-0.2, 0) is 0 Å². The van der Waals surface area contributed by atoms with Crippen LogP contribution in [0.15, 0.2) is 51.4 Å². The normalized spacial score (nSPS) is 12.2.